The van der Waals surface area contributed by atoms with Gasteiger partial charge >= 0.3 is 0 Å². The van der Waals surface area contributed by atoms with Gasteiger partial charge in [-0.15, -0.1) is 0 Å². The Hall–Kier alpha value is -0.570. The molecule has 1 rings (SSSR count). The molecule has 1 aliphatic rings. The van der Waals surface area contributed by atoms with E-state index in [1.165, 1.54) is 6.42 Å². The van der Waals surface area contributed by atoms with E-state index in [4.69, 9.17) is 12.2 Å². The average molecular weight is 212 g/mol. The van der Waals surface area contributed by atoms with E-state index in [1.807, 2.05) is 0 Å². The molecule has 0 amide bonds. The number of hydrogen-bond acceptors (Lipinski definition) is 1. The van der Waals surface area contributed by atoms with E-state index < -0.39 is 0 Å². The lowest BCUT2D eigenvalue weighted by Crippen LogP contribution is -2.49. The van der Waals surface area contributed by atoms with Gasteiger partial charge in [-0.3, -0.25) is 0 Å². The van der Waals surface area contributed by atoms with Gasteiger partial charge in [-0.25, -0.2) is 0 Å². The lowest BCUT2D eigenvalue weighted by Gasteiger charge is -2.27. The van der Waals surface area contributed by atoms with Gasteiger partial charge in [-0.1, -0.05) is 12.2 Å². The predicted molar refractivity (Wildman–Crippen MR) is 65.4 cm³/mol. The van der Waals surface area contributed by atoms with E-state index in [0.717, 1.165) is 18.0 Å². The third-order valence-corrected chi connectivity index (χ3v) is 2.31. The lowest BCUT2D eigenvalue weighted by atomic mass is 10.0. The normalized spacial score (nSPS) is 21.8. The molecule has 80 valence electrons. The Balaban J connectivity index is 2.30. The lowest BCUT2D eigenvalue weighted by molar-refractivity contribution is 0.487. The van der Waals surface area contributed by atoms with Crippen molar-refractivity contribution in [3.05, 3.63) is 12.2 Å². The Labute approximate surface area is 92.2 Å². The van der Waals surface area contributed by atoms with E-state index in [0.29, 0.717) is 6.04 Å². The molecule has 2 N–H and O–H groups in total. The summed E-state index contributed by atoms with van der Waals surface area (Å²) in [5, 5.41) is 7.38. The first-order valence-corrected chi connectivity index (χ1v) is 5.62. The summed E-state index contributed by atoms with van der Waals surface area (Å²) < 4.78 is 0. The predicted octanol–water partition coefficient (Wildman–Crippen LogP) is 2.36. The summed E-state index contributed by atoms with van der Waals surface area (Å²) in [6.45, 7) is 6.34. The standard InChI is InChI=1S/C11H20N2S/c1-11(2,3)13-10(14)12-9-7-5-4-6-8-9/h4-5,9H,6-8H2,1-3H3,(H2,12,13,14). The van der Waals surface area contributed by atoms with Crippen LogP contribution >= 0.6 is 12.2 Å². The molecule has 2 nitrogen and oxygen atoms in total. The SMILES string of the molecule is CC(C)(C)NC(=S)NC1CC=CCC1. The van der Waals surface area contributed by atoms with Crippen LogP contribution in [0.3, 0.4) is 0 Å². The number of thiocarbonyl (C=S) groups is 1. The largest absolute Gasteiger partial charge is 0.360 e. The summed E-state index contributed by atoms with van der Waals surface area (Å²) >= 11 is 5.24. The minimum Gasteiger partial charge on any atom is -0.360 e. The van der Waals surface area contributed by atoms with Gasteiger partial charge in [-0.05, 0) is 52.3 Å². The number of hydrogen-bond donors (Lipinski definition) is 2. The molecule has 3 heteroatoms. The van der Waals surface area contributed by atoms with Crippen molar-refractivity contribution < 1.29 is 0 Å². The van der Waals surface area contributed by atoms with Crippen molar-refractivity contribution in [2.45, 2.75) is 51.6 Å². The van der Waals surface area contributed by atoms with E-state index >= 15 is 0 Å². The molecule has 0 aliphatic heterocycles. The third kappa shape index (κ3) is 4.61. The van der Waals surface area contributed by atoms with Gasteiger partial charge in [0.15, 0.2) is 5.11 Å². The summed E-state index contributed by atoms with van der Waals surface area (Å²) in [6.07, 6.45) is 7.89. The van der Waals surface area contributed by atoms with Crippen molar-refractivity contribution in [1.82, 2.24) is 10.6 Å². The highest BCUT2D eigenvalue weighted by Gasteiger charge is 2.14. The van der Waals surface area contributed by atoms with Crippen LogP contribution in [-0.2, 0) is 0 Å². The first-order valence-electron chi connectivity index (χ1n) is 5.21. The van der Waals surface area contributed by atoms with Crippen molar-refractivity contribution in [3.63, 3.8) is 0 Å². The first-order chi connectivity index (χ1) is 6.47. The Morgan fingerprint density at radius 2 is 2.07 bits per heavy atom. The molecule has 0 aromatic rings. The van der Waals surface area contributed by atoms with Gasteiger partial charge < -0.3 is 10.6 Å². The summed E-state index contributed by atoms with van der Waals surface area (Å²) in [6, 6.07) is 0.516. The summed E-state index contributed by atoms with van der Waals surface area (Å²) in [5.41, 5.74) is 0.0502. The molecule has 1 unspecified atom stereocenters. The first kappa shape index (κ1) is 11.5. The molecule has 1 atom stereocenters. The molecule has 0 saturated heterocycles. The fourth-order valence-electron chi connectivity index (χ4n) is 1.49. The molecule has 0 saturated carbocycles. The van der Waals surface area contributed by atoms with Gasteiger partial charge in [0, 0.05) is 11.6 Å². The van der Waals surface area contributed by atoms with Crippen LogP contribution in [0.1, 0.15) is 40.0 Å². The van der Waals surface area contributed by atoms with Gasteiger partial charge in [0.1, 0.15) is 0 Å². The quantitative estimate of drug-likeness (QED) is 0.515. The van der Waals surface area contributed by atoms with Crippen LogP contribution in [0.4, 0.5) is 0 Å². The zero-order valence-corrected chi connectivity index (χ0v) is 10.1. The minimum absolute atomic E-state index is 0.0502. The van der Waals surface area contributed by atoms with Crippen molar-refractivity contribution in [2.75, 3.05) is 0 Å². The zero-order chi connectivity index (χ0) is 10.6. The van der Waals surface area contributed by atoms with E-state index in [1.54, 1.807) is 0 Å². The summed E-state index contributed by atoms with van der Waals surface area (Å²) in [4.78, 5) is 0. The third-order valence-electron chi connectivity index (χ3n) is 2.09. The van der Waals surface area contributed by atoms with Crippen molar-refractivity contribution in [3.8, 4) is 0 Å². The molecule has 0 heterocycles. The monoisotopic (exact) mass is 212 g/mol. The highest BCUT2D eigenvalue weighted by molar-refractivity contribution is 7.80. The molecular weight excluding hydrogens is 192 g/mol. The van der Waals surface area contributed by atoms with Gasteiger partial charge in [0.25, 0.3) is 0 Å². The maximum Gasteiger partial charge on any atom is 0.166 e. The van der Waals surface area contributed by atoms with Crippen molar-refractivity contribution >= 4 is 17.3 Å². The van der Waals surface area contributed by atoms with Crippen LogP contribution in [0, 0.1) is 0 Å². The van der Waals surface area contributed by atoms with Crippen LogP contribution < -0.4 is 10.6 Å². The van der Waals surface area contributed by atoms with Crippen LogP contribution in [0.5, 0.6) is 0 Å². The fourth-order valence-corrected chi connectivity index (χ4v) is 1.96. The van der Waals surface area contributed by atoms with Crippen LogP contribution in [0.25, 0.3) is 0 Å². The number of allylic oxidation sites excluding steroid dienone is 1. The maximum atomic E-state index is 5.24. The summed E-state index contributed by atoms with van der Waals surface area (Å²) in [5.74, 6) is 0. The smallest absolute Gasteiger partial charge is 0.166 e. The molecule has 0 radical (unpaired) electrons. The Bertz CT molecular complexity index is 228. The number of rotatable bonds is 1. The van der Waals surface area contributed by atoms with Crippen LogP contribution in [0.2, 0.25) is 0 Å². The second kappa shape index (κ2) is 4.78. The van der Waals surface area contributed by atoms with Crippen molar-refractivity contribution in [2.24, 2.45) is 0 Å². The van der Waals surface area contributed by atoms with Crippen LogP contribution in [0.15, 0.2) is 12.2 Å². The molecular formula is C11H20N2S. The zero-order valence-electron chi connectivity index (χ0n) is 9.26. The molecule has 0 fully saturated rings. The highest BCUT2D eigenvalue weighted by atomic mass is 32.1. The second-order valence-corrected chi connectivity index (χ2v) is 5.24. The van der Waals surface area contributed by atoms with Gasteiger partial charge in [-0.2, -0.15) is 0 Å². The molecule has 0 aromatic heterocycles. The molecule has 0 aromatic carbocycles. The maximum absolute atomic E-state index is 5.24. The number of nitrogens with one attached hydrogen (secondary N) is 2. The molecule has 0 spiro atoms. The van der Waals surface area contributed by atoms with Gasteiger partial charge in [0.05, 0.1) is 0 Å². The van der Waals surface area contributed by atoms with Crippen LogP contribution in [-0.4, -0.2) is 16.7 Å². The fraction of sp³-hybridized carbons (Fsp3) is 0.727. The van der Waals surface area contributed by atoms with E-state index in [9.17, 15) is 0 Å². The van der Waals surface area contributed by atoms with E-state index in [2.05, 4.69) is 43.6 Å². The minimum atomic E-state index is 0.0502. The topological polar surface area (TPSA) is 24.1 Å². The summed E-state index contributed by atoms with van der Waals surface area (Å²) in [7, 11) is 0. The average Bonchev–Trinajstić information content (AvgIpc) is 2.02. The van der Waals surface area contributed by atoms with Crippen molar-refractivity contribution in [1.29, 1.82) is 0 Å². The Kier molecular flexibility index (Phi) is 3.93. The second-order valence-electron chi connectivity index (χ2n) is 4.83. The molecule has 14 heavy (non-hydrogen) atoms. The Morgan fingerprint density at radius 1 is 1.36 bits per heavy atom. The molecule has 0 bridgehead atoms. The van der Waals surface area contributed by atoms with E-state index in [-0.39, 0.29) is 5.54 Å². The Morgan fingerprint density at radius 3 is 2.57 bits per heavy atom. The molecule has 1 aliphatic carbocycles. The van der Waals surface area contributed by atoms with Gasteiger partial charge in [0.2, 0.25) is 0 Å². The highest BCUT2D eigenvalue weighted by Crippen LogP contribution is 2.10.